The molecule has 0 radical (unpaired) electrons. The Morgan fingerprint density at radius 3 is 2.14 bits per heavy atom. The molecule has 0 aromatic heterocycles. The van der Waals surface area contributed by atoms with E-state index < -0.39 is 20.0 Å². The van der Waals surface area contributed by atoms with Gasteiger partial charge < -0.3 is 0 Å². The Labute approximate surface area is 126 Å². The highest BCUT2D eigenvalue weighted by molar-refractivity contribution is 7.89. The number of rotatable bonds is 3. The van der Waals surface area contributed by atoms with Gasteiger partial charge in [-0.05, 0) is 49.4 Å². The molecule has 0 spiro atoms. The molecule has 0 aliphatic carbocycles. The van der Waals surface area contributed by atoms with Gasteiger partial charge in [0.05, 0.1) is 9.79 Å². The molecule has 0 saturated carbocycles. The second-order valence-electron chi connectivity index (χ2n) is 5.46. The highest BCUT2D eigenvalue weighted by atomic mass is 32.2. The molecule has 1 aromatic rings. The monoisotopic (exact) mass is 332 g/mol. The Kier molecular flexibility index (Phi) is 4.72. The van der Waals surface area contributed by atoms with Crippen LogP contribution in [0.4, 0.5) is 0 Å². The fourth-order valence-electron chi connectivity index (χ4n) is 2.43. The quantitative estimate of drug-likeness (QED) is 0.897. The van der Waals surface area contributed by atoms with Gasteiger partial charge in [-0.1, -0.05) is 6.92 Å². The maximum absolute atomic E-state index is 12.6. The van der Waals surface area contributed by atoms with Crippen LogP contribution in [0.25, 0.3) is 0 Å². The van der Waals surface area contributed by atoms with Crippen molar-refractivity contribution < 1.29 is 16.8 Å². The van der Waals surface area contributed by atoms with E-state index in [0.29, 0.717) is 19.0 Å². The molecule has 1 atom stereocenters. The lowest BCUT2D eigenvalue weighted by Crippen LogP contribution is -2.32. The van der Waals surface area contributed by atoms with Gasteiger partial charge in [0.15, 0.2) is 0 Å². The summed E-state index contributed by atoms with van der Waals surface area (Å²) in [6, 6.07) is 5.04. The maximum Gasteiger partial charge on any atom is 0.243 e. The van der Waals surface area contributed by atoms with Crippen LogP contribution in [-0.2, 0) is 20.0 Å². The van der Waals surface area contributed by atoms with Crippen molar-refractivity contribution in [3.05, 3.63) is 24.3 Å². The van der Waals surface area contributed by atoms with Crippen LogP contribution in [0.15, 0.2) is 34.1 Å². The van der Waals surface area contributed by atoms with Gasteiger partial charge in [-0.15, -0.1) is 0 Å². The van der Waals surface area contributed by atoms with Gasteiger partial charge >= 0.3 is 0 Å². The molecule has 1 aliphatic rings. The number of primary sulfonamides is 1. The molecule has 1 heterocycles. The lowest BCUT2D eigenvalue weighted by atomic mass is 10.0. The minimum Gasteiger partial charge on any atom is -0.225 e. The van der Waals surface area contributed by atoms with Crippen LogP contribution in [0, 0.1) is 5.92 Å². The molecule has 1 fully saturated rings. The zero-order chi connectivity index (χ0) is 15.7. The second kappa shape index (κ2) is 6.04. The van der Waals surface area contributed by atoms with Crippen molar-refractivity contribution in [3.63, 3.8) is 0 Å². The van der Waals surface area contributed by atoms with Crippen LogP contribution >= 0.6 is 0 Å². The highest BCUT2D eigenvalue weighted by Crippen LogP contribution is 2.23. The Balaban J connectivity index is 2.27. The summed E-state index contributed by atoms with van der Waals surface area (Å²) in [6.45, 7) is 3.13. The first kappa shape index (κ1) is 16.4. The average Bonchev–Trinajstić information content (AvgIpc) is 2.63. The SMILES string of the molecule is CC1CCCN(S(=O)(=O)c2ccc(S(N)(=O)=O)cc2)CC1. The number of hydrogen-bond acceptors (Lipinski definition) is 4. The molecule has 2 rings (SSSR count). The molecule has 0 bridgehead atoms. The second-order valence-corrected chi connectivity index (χ2v) is 8.96. The highest BCUT2D eigenvalue weighted by Gasteiger charge is 2.26. The third-order valence-electron chi connectivity index (χ3n) is 3.77. The van der Waals surface area contributed by atoms with Crippen LogP contribution < -0.4 is 5.14 Å². The van der Waals surface area contributed by atoms with Gasteiger partial charge in [-0.25, -0.2) is 22.0 Å². The Morgan fingerprint density at radius 1 is 1.00 bits per heavy atom. The number of nitrogens with zero attached hydrogens (tertiary/aromatic N) is 1. The van der Waals surface area contributed by atoms with E-state index in [2.05, 4.69) is 6.92 Å². The number of benzene rings is 1. The van der Waals surface area contributed by atoms with Crippen LogP contribution in [0.2, 0.25) is 0 Å². The van der Waals surface area contributed by atoms with Crippen molar-refractivity contribution >= 4 is 20.0 Å². The third kappa shape index (κ3) is 3.82. The predicted octanol–water partition coefficient (Wildman–Crippen LogP) is 1.14. The van der Waals surface area contributed by atoms with Crippen molar-refractivity contribution in [1.29, 1.82) is 0 Å². The average molecular weight is 332 g/mol. The first-order chi connectivity index (χ1) is 9.71. The zero-order valence-corrected chi connectivity index (χ0v) is 13.5. The van der Waals surface area contributed by atoms with E-state index in [0.717, 1.165) is 19.3 Å². The molecule has 1 aliphatic heterocycles. The topological polar surface area (TPSA) is 97.5 Å². The molecule has 0 amide bonds. The van der Waals surface area contributed by atoms with Crippen LogP contribution in [0.3, 0.4) is 0 Å². The minimum absolute atomic E-state index is 0.0917. The number of nitrogens with two attached hydrogens (primary N) is 1. The molecular formula is C13H20N2O4S2. The summed E-state index contributed by atoms with van der Waals surface area (Å²) < 4.78 is 49.0. The first-order valence-corrected chi connectivity index (χ1v) is 9.83. The first-order valence-electron chi connectivity index (χ1n) is 6.84. The van der Waals surface area contributed by atoms with E-state index in [1.54, 1.807) is 0 Å². The summed E-state index contributed by atoms with van der Waals surface area (Å²) in [5.41, 5.74) is 0. The maximum atomic E-state index is 12.6. The summed E-state index contributed by atoms with van der Waals surface area (Å²) >= 11 is 0. The van der Waals surface area contributed by atoms with Gasteiger partial charge in [-0.3, -0.25) is 0 Å². The van der Waals surface area contributed by atoms with Crippen LogP contribution in [0.5, 0.6) is 0 Å². The zero-order valence-electron chi connectivity index (χ0n) is 11.9. The van der Waals surface area contributed by atoms with Crippen LogP contribution in [-0.4, -0.2) is 34.2 Å². The van der Waals surface area contributed by atoms with Gasteiger partial charge in [0.25, 0.3) is 0 Å². The molecule has 1 unspecified atom stereocenters. The van der Waals surface area contributed by atoms with Crippen LogP contribution in [0.1, 0.15) is 26.2 Å². The van der Waals surface area contributed by atoms with Gasteiger partial charge in [-0.2, -0.15) is 4.31 Å². The van der Waals surface area contributed by atoms with Gasteiger partial charge in [0.1, 0.15) is 0 Å². The molecule has 8 heteroatoms. The fraction of sp³-hybridized carbons (Fsp3) is 0.538. The summed E-state index contributed by atoms with van der Waals surface area (Å²) in [6.07, 6.45) is 2.71. The summed E-state index contributed by atoms with van der Waals surface area (Å²) in [4.78, 5) is 0.00962. The number of sulfonamides is 2. The fourth-order valence-corrected chi connectivity index (χ4v) is 4.44. The standard InChI is InChI=1S/C13H20N2O4S2/c1-11-3-2-9-15(10-8-11)21(18,19)13-6-4-12(5-7-13)20(14,16)17/h4-7,11H,2-3,8-10H2,1H3,(H2,14,16,17). The normalized spacial score (nSPS) is 21.9. The van der Waals surface area contributed by atoms with Gasteiger partial charge in [0.2, 0.25) is 20.0 Å². The van der Waals surface area contributed by atoms with E-state index in [-0.39, 0.29) is 9.79 Å². The molecule has 6 nitrogen and oxygen atoms in total. The molecule has 1 aromatic carbocycles. The van der Waals surface area contributed by atoms with E-state index in [1.807, 2.05) is 0 Å². The number of hydrogen-bond donors (Lipinski definition) is 1. The molecule has 2 N–H and O–H groups in total. The van der Waals surface area contributed by atoms with Crippen molar-refractivity contribution in [2.24, 2.45) is 11.1 Å². The minimum atomic E-state index is -3.81. The molecule has 118 valence electrons. The summed E-state index contributed by atoms with van der Waals surface area (Å²) in [7, 11) is -7.38. The summed E-state index contributed by atoms with van der Waals surface area (Å²) in [5.74, 6) is 0.523. The lowest BCUT2D eigenvalue weighted by Gasteiger charge is -2.20. The van der Waals surface area contributed by atoms with Crippen molar-refractivity contribution in [2.45, 2.75) is 36.0 Å². The molecular weight excluding hydrogens is 312 g/mol. The Hall–Kier alpha value is -0.960. The third-order valence-corrected chi connectivity index (χ3v) is 6.61. The van der Waals surface area contributed by atoms with E-state index in [9.17, 15) is 16.8 Å². The van der Waals surface area contributed by atoms with Crippen molar-refractivity contribution in [1.82, 2.24) is 4.31 Å². The molecule has 21 heavy (non-hydrogen) atoms. The largest absolute Gasteiger partial charge is 0.243 e. The predicted molar refractivity (Wildman–Crippen MR) is 79.6 cm³/mol. The van der Waals surface area contributed by atoms with E-state index in [1.165, 1.54) is 28.6 Å². The Morgan fingerprint density at radius 2 is 1.57 bits per heavy atom. The van der Waals surface area contributed by atoms with E-state index >= 15 is 0 Å². The van der Waals surface area contributed by atoms with Crippen molar-refractivity contribution in [2.75, 3.05) is 13.1 Å². The van der Waals surface area contributed by atoms with Gasteiger partial charge in [0, 0.05) is 13.1 Å². The lowest BCUT2D eigenvalue weighted by molar-refractivity contribution is 0.416. The van der Waals surface area contributed by atoms with E-state index in [4.69, 9.17) is 5.14 Å². The summed E-state index contributed by atoms with van der Waals surface area (Å²) in [5, 5.41) is 5.01. The smallest absolute Gasteiger partial charge is 0.225 e. The molecule has 1 saturated heterocycles. The Bertz CT molecular complexity index is 696. The van der Waals surface area contributed by atoms with Crippen molar-refractivity contribution in [3.8, 4) is 0 Å².